The zero-order valence-electron chi connectivity index (χ0n) is 8.75. The maximum absolute atomic E-state index is 9.49. The van der Waals surface area contributed by atoms with Gasteiger partial charge in [0, 0.05) is 13.0 Å². The first kappa shape index (κ1) is 11.0. The second kappa shape index (κ2) is 4.40. The average Bonchev–Trinajstić information content (AvgIpc) is 2.48. The van der Waals surface area contributed by atoms with Crippen LogP contribution in [-0.4, -0.2) is 37.1 Å². The number of methoxy groups -OCH3 is 1. The molecule has 78 valence electrons. The quantitative estimate of drug-likeness (QED) is 0.720. The molecule has 1 aliphatic heterocycles. The van der Waals surface area contributed by atoms with Crippen molar-refractivity contribution >= 4 is 0 Å². The molecule has 0 aromatic rings. The molecule has 1 fully saturated rings. The monoisotopic (exact) mass is 188 g/mol. The van der Waals surface area contributed by atoms with Crippen LogP contribution in [0.15, 0.2) is 0 Å². The molecule has 0 aromatic carbocycles. The van der Waals surface area contributed by atoms with Gasteiger partial charge in [-0.15, -0.1) is 0 Å². The Kier molecular flexibility index (Phi) is 3.71. The Bertz CT molecular complexity index is 156. The van der Waals surface area contributed by atoms with Crippen molar-refractivity contribution in [2.24, 2.45) is 5.92 Å². The molecule has 0 aromatic heterocycles. The van der Waals surface area contributed by atoms with E-state index in [2.05, 4.69) is 13.8 Å². The second-order valence-electron chi connectivity index (χ2n) is 4.37. The van der Waals surface area contributed by atoms with Gasteiger partial charge in [-0.1, -0.05) is 0 Å². The predicted octanol–water partition coefficient (Wildman–Crippen LogP) is 1.20. The number of hydrogen-bond donors (Lipinski definition) is 1. The summed E-state index contributed by atoms with van der Waals surface area (Å²) in [6.07, 6.45) is 1.67. The van der Waals surface area contributed by atoms with Crippen LogP contribution in [-0.2, 0) is 9.47 Å². The van der Waals surface area contributed by atoms with Crippen molar-refractivity contribution in [3.8, 4) is 0 Å². The Morgan fingerprint density at radius 1 is 1.46 bits per heavy atom. The van der Waals surface area contributed by atoms with E-state index in [4.69, 9.17) is 9.47 Å². The first-order chi connectivity index (χ1) is 6.05. The van der Waals surface area contributed by atoms with Gasteiger partial charge in [0.2, 0.25) is 0 Å². The highest BCUT2D eigenvalue weighted by molar-refractivity contribution is 4.77. The van der Waals surface area contributed by atoms with Crippen molar-refractivity contribution in [1.29, 1.82) is 0 Å². The molecule has 0 aliphatic carbocycles. The molecule has 0 radical (unpaired) electrons. The van der Waals surface area contributed by atoms with Gasteiger partial charge in [0.15, 0.2) is 0 Å². The normalized spacial score (nSPS) is 29.5. The molecule has 0 bridgehead atoms. The van der Waals surface area contributed by atoms with E-state index in [0.29, 0.717) is 19.1 Å². The maximum atomic E-state index is 9.49. The van der Waals surface area contributed by atoms with Gasteiger partial charge in [-0.3, -0.25) is 0 Å². The van der Waals surface area contributed by atoms with Gasteiger partial charge in [-0.2, -0.15) is 0 Å². The smallest absolute Gasteiger partial charge is 0.0823 e. The molecule has 0 saturated carbocycles. The Morgan fingerprint density at radius 2 is 2.15 bits per heavy atom. The van der Waals surface area contributed by atoms with Gasteiger partial charge >= 0.3 is 0 Å². The summed E-state index contributed by atoms with van der Waals surface area (Å²) in [4.78, 5) is 0. The van der Waals surface area contributed by atoms with Crippen LogP contribution in [0.3, 0.4) is 0 Å². The minimum Gasteiger partial charge on any atom is -0.390 e. The topological polar surface area (TPSA) is 38.7 Å². The number of ether oxygens (including phenoxy) is 2. The molecule has 0 spiro atoms. The number of aliphatic hydroxyl groups excluding tert-OH is 1. The standard InChI is InChI=1S/C10H20O3/c1-10(2,12-3)5-4-8-6-13-7-9(8)11/h8-9,11H,4-7H2,1-3H3/t8-,9-/m1/s1. The van der Waals surface area contributed by atoms with E-state index < -0.39 is 0 Å². The molecule has 3 nitrogen and oxygen atoms in total. The van der Waals surface area contributed by atoms with Crippen molar-refractivity contribution in [2.75, 3.05) is 20.3 Å². The predicted molar refractivity (Wildman–Crippen MR) is 50.6 cm³/mol. The van der Waals surface area contributed by atoms with E-state index >= 15 is 0 Å². The van der Waals surface area contributed by atoms with Crippen molar-refractivity contribution in [3.05, 3.63) is 0 Å². The van der Waals surface area contributed by atoms with Crippen LogP contribution < -0.4 is 0 Å². The molecular weight excluding hydrogens is 168 g/mol. The second-order valence-corrected chi connectivity index (χ2v) is 4.37. The Morgan fingerprint density at radius 3 is 2.62 bits per heavy atom. The lowest BCUT2D eigenvalue weighted by molar-refractivity contribution is 0.00631. The Hall–Kier alpha value is -0.120. The van der Waals surface area contributed by atoms with E-state index in [1.165, 1.54) is 0 Å². The van der Waals surface area contributed by atoms with Gasteiger partial charge in [0.25, 0.3) is 0 Å². The summed E-state index contributed by atoms with van der Waals surface area (Å²) >= 11 is 0. The van der Waals surface area contributed by atoms with Crippen LogP contribution in [0.5, 0.6) is 0 Å². The van der Waals surface area contributed by atoms with Gasteiger partial charge in [0.1, 0.15) is 0 Å². The summed E-state index contributed by atoms with van der Waals surface area (Å²) in [5.41, 5.74) is -0.0810. The molecular formula is C10H20O3. The molecule has 1 aliphatic rings. The molecule has 3 heteroatoms. The maximum Gasteiger partial charge on any atom is 0.0823 e. The lowest BCUT2D eigenvalue weighted by Crippen LogP contribution is -2.26. The van der Waals surface area contributed by atoms with Crippen LogP contribution in [0.1, 0.15) is 26.7 Å². The summed E-state index contributed by atoms with van der Waals surface area (Å²) in [6, 6.07) is 0. The molecule has 1 rings (SSSR count). The van der Waals surface area contributed by atoms with Crippen molar-refractivity contribution < 1.29 is 14.6 Å². The van der Waals surface area contributed by atoms with Crippen LogP contribution in [0.2, 0.25) is 0 Å². The summed E-state index contributed by atoms with van der Waals surface area (Å²) in [5, 5.41) is 9.49. The summed E-state index contributed by atoms with van der Waals surface area (Å²) < 4.78 is 10.5. The van der Waals surface area contributed by atoms with Gasteiger partial charge in [-0.25, -0.2) is 0 Å². The fraction of sp³-hybridized carbons (Fsp3) is 1.00. The highest BCUT2D eigenvalue weighted by atomic mass is 16.5. The first-order valence-electron chi connectivity index (χ1n) is 4.86. The molecule has 1 N–H and O–H groups in total. The Labute approximate surface area is 80.0 Å². The molecule has 2 atom stereocenters. The van der Waals surface area contributed by atoms with E-state index in [-0.39, 0.29) is 11.7 Å². The molecule has 1 heterocycles. The average molecular weight is 188 g/mol. The Balaban J connectivity index is 2.25. The summed E-state index contributed by atoms with van der Waals surface area (Å²) in [7, 11) is 1.72. The third-order valence-electron chi connectivity index (χ3n) is 2.83. The van der Waals surface area contributed by atoms with Crippen molar-refractivity contribution in [1.82, 2.24) is 0 Å². The van der Waals surface area contributed by atoms with Gasteiger partial charge < -0.3 is 14.6 Å². The van der Waals surface area contributed by atoms with Crippen LogP contribution in [0, 0.1) is 5.92 Å². The van der Waals surface area contributed by atoms with E-state index in [1.807, 2.05) is 0 Å². The van der Waals surface area contributed by atoms with Crippen LogP contribution >= 0.6 is 0 Å². The minimum absolute atomic E-state index is 0.0810. The lowest BCUT2D eigenvalue weighted by Gasteiger charge is -2.24. The molecule has 0 amide bonds. The molecule has 0 unspecified atom stereocenters. The van der Waals surface area contributed by atoms with Crippen molar-refractivity contribution in [3.63, 3.8) is 0 Å². The zero-order chi connectivity index (χ0) is 9.90. The lowest BCUT2D eigenvalue weighted by atomic mass is 9.93. The first-order valence-corrected chi connectivity index (χ1v) is 4.86. The third kappa shape index (κ3) is 3.25. The fourth-order valence-corrected chi connectivity index (χ4v) is 1.50. The van der Waals surface area contributed by atoms with Crippen LogP contribution in [0.25, 0.3) is 0 Å². The van der Waals surface area contributed by atoms with E-state index in [9.17, 15) is 5.11 Å². The fourth-order valence-electron chi connectivity index (χ4n) is 1.50. The molecule has 13 heavy (non-hydrogen) atoms. The third-order valence-corrected chi connectivity index (χ3v) is 2.83. The van der Waals surface area contributed by atoms with E-state index in [0.717, 1.165) is 12.8 Å². The van der Waals surface area contributed by atoms with Crippen LogP contribution in [0.4, 0.5) is 0 Å². The zero-order valence-corrected chi connectivity index (χ0v) is 8.75. The van der Waals surface area contributed by atoms with E-state index in [1.54, 1.807) is 7.11 Å². The molecule has 1 saturated heterocycles. The highest BCUT2D eigenvalue weighted by Crippen LogP contribution is 2.24. The minimum atomic E-state index is -0.271. The number of rotatable bonds is 4. The van der Waals surface area contributed by atoms with Gasteiger partial charge in [0.05, 0.1) is 24.9 Å². The number of aliphatic hydroxyl groups is 1. The largest absolute Gasteiger partial charge is 0.390 e. The number of hydrogen-bond acceptors (Lipinski definition) is 3. The SMILES string of the molecule is COC(C)(C)CC[C@@H]1COC[C@H]1O. The highest BCUT2D eigenvalue weighted by Gasteiger charge is 2.28. The summed E-state index contributed by atoms with van der Waals surface area (Å²) in [6.45, 7) is 5.32. The van der Waals surface area contributed by atoms with Gasteiger partial charge in [-0.05, 0) is 26.7 Å². The van der Waals surface area contributed by atoms with Crippen molar-refractivity contribution in [2.45, 2.75) is 38.4 Å². The summed E-state index contributed by atoms with van der Waals surface area (Å²) in [5.74, 6) is 0.300.